The van der Waals surface area contributed by atoms with E-state index in [1.807, 2.05) is 6.20 Å². The molecule has 0 aliphatic heterocycles. The molecule has 1 fully saturated rings. The lowest BCUT2D eigenvalue weighted by molar-refractivity contribution is 0.547. The van der Waals surface area contributed by atoms with Crippen molar-refractivity contribution in [3.05, 3.63) is 16.4 Å². The average molecular weight is 258 g/mol. The van der Waals surface area contributed by atoms with Crippen molar-refractivity contribution in [3.63, 3.8) is 0 Å². The highest BCUT2D eigenvalue weighted by molar-refractivity contribution is 9.10. The molecule has 1 aromatic heterocycles. The molecule has 1 aliphatic carbocycles. The number of nitrogens with zero attached hydrogens (tertiary/aromatic N) is 2. The smallest absolute Gasteiger partial charge is 0.0664 e. The molecule has 0 bridgehead atoms. The fraction of sp³-hybridized carbons (Fsp3) is 0.700. The maximum Gasteiger partial charge on any atom is 0.0664 e. The van der Waals surface area contributed by atoms with Crippen LogP contribution < -0.4 is 5.32 Å². The monoisotopic (exact) mass is 257 g/mol. The molecule has 0 aromatic carbocycles. The van der Waals surface area contributed by atoms with Crippen LogP contribution in [0.25, 0.3) is 0 Å². The van der Waals surface area contributed by atoms with Gasteiger partial charge in [0.25, 0.3) is 0 Å². The molecule has 1 aromatic rings. The molecule has 14 heavy (non-hydrogen) atoms. The molecular formula is C10H16BrN3. The third kappa shape index (κ3) is 2.36. The Hall–Kier alpha value is -0.350. The van der Waals surface area contributed by atoms with Crippen molar-refractivity contribution >= 4 is 15.9 Å². The molecule has 0 amide bonds. The Balaban J connectivity index is 2.00. The van der Waals surface area contributed by atoms with Gasteiger partial charge in [-0.25, -0.2) is 0 Å². The van der Waals surface area contributed by atoms with E-state index in [0.717, 1.165) is 30.0 Å². The van der Waals surface area contributed by atoms with Crippen molar-refractivity contribution in [1.29, 1.82) is 0 Å². The van der Waals surface area contributed by atoms with Crippen LogP contribution in [0.4, 0.5) is 0 Å². The second kappa shape index (κ2) is 4.45. The molecule has 1 heterocycles. The Labute approximate surface area is 93.0 Å². The number of halogens is 1. The van der Waals surface area contributed by atoms with E-state index in [1.54, 1.807) is 0 Å². The summed E-state index contributed by atoms with van der Waals surface area (Å²) in [5.74, 6) is 0. The molecule has 0 radical (unpaired) electrons. The maximum atomic E-state index is 4.33. The van der Waals surface area contributed by atoms with Gasteiger partial charge in [-0.2, -0.15) is 5.10 Å². The molecule has 0 saturated heterocycles. The van der Waals surface area contributed by atoms with Gasteiger partial charge in [0.2, 0.25) is 0 Å². The van der Waals surface area contributed by atoms with E-state index >= 15 is 0 Å². The molecule has 4 heteroatoms. The number of nitrogens with one attached hydrogen (secondary N) is 1. The van der Waals surface area contributed by atoms with Gasteiger partial charge >= 0.3 is 0 Å². The normalized spacial score (nSPS) is 16.1. The lowest BCUT2D eigenvalue weighted by Crippen LogP contribution is -2.19. The van der Waals surface area contributed by atoms with E-state index in [9.17, 15) is 0 Å². The fourth-order valence-electron chi connectivity index (χ4n) is 1.50. The zero-order chi connectivity index (χ0) is 9.97. The SMILES string of the molecule is CCCn1ncc(Br)c1CNC1CC1. The van der Waals surface area contributed by atoms with Gasteiger partial charge in [0.15, 0.2) is 0 Å². The second-order valence-corrected chi connectivity index (χ2v) is 4.67. The molecule has 2 rings (SSSR count). The van der Waals surface area contributed by atoms with Crippen LogP contribution >= 0.6 is 15.9 Å². The lowest BCUT2D eigenvalue weighted by Gasteiger charge is -2.07. The van der Waals surface area contributed by atoms with Gasteiger partial charge in [-0.1, -0.05) is 6.92 Å². The maximum absolute atomic E-state index is 4.33. The minimum Gasteiger partial charge on any atom is -0.308 e. The first-order chi connectivity index (χ1) is 6.81. The predicted octanol–water partition coefficient (Wildman–Crippen LogP) is 2.31. The molecular weight excluding hydrogens is 242 g/mol. The van der Waals surface area contributed by atoms with Crippen LogP contribution in [0.5, 0.6) is 0 Å². The largest absolute Gasteiger partial charge is 0.308 e. The van der Waals surface area contributed by atoms with Crippen LogP contribution in [0.1, 0.15) is 31.9 Å². The van der Waals surface area contributed by atoms with E-state index in [-0.39, 0.29) is 0 Å². The highest BCUT2D eigenvalue weighted by Gasteiger charge is 2.21. The predicted molar refractivity (Wildman–Crippen MR) is 60.1 cm³/mol. The first kappa shape index (κ1) is 10.2. The van der Waals surface area contributed by atoms with E-state index in [4.69, 9.17) is 0 Å². The Morgan fingerprint density at radius 2 is 2.43 bits per heavy atom. The van der Waals surface area contributed by atoms with Crippen molar-refractivity contribution in [2.75, 3.05) is 0 Å². The summed E-state index contributed by atoms with van der Waals surface area (Å²) >= 11 is 3.53. The summed E-state index contributed by atoms with van der Waals surface area (Å²) in [5, 5.41) is 7.84. The van der Waals surface area contributed by atoms with Gasteiger partial charge in [-0.05, 0) is 35.2 Å². The van der Waals surface area contributed by atoms with Crippen molar-refractivity contribution in [2.45, 2.75) is 45.3 Å². The summed E-state index contributed by atoms with van der Waals surface area (Å²) in [6.45, 7) is 4.12. The lowest BCUT2D eigenvalue weighted by atomic mass is 10.4. The molecule has 0 atom stereocenters. The summed E-state index contributed by atoms with van der Waals surface area (Å²) in [6, 6.07) is 0.756. The Bertz CT molecular complexity index is 304. The van der Waals surface area contributed by atoms with Gasteiger partial charge in [0.1, 0.15) is 0 Å². The summed E-state index contributed by atoms with van der Waals surface area (Å²) in [6.07, 6.45) is 5.68. The van der Waals surface area contributed by atoms with Crippen molar-refractivity contribution in [3.8, 4) is 0 Å². The number of aryl methyl sites for hydroxylation is 1. The van der Waals surface area contributed by atoms with Gasteiger partial charge in [-0.15, -0.1) is 0 Å². The summed E-state index contributed by atoms with van der Waals surface area (Å²) in [7, 11) is 0. The van der Waals surface area contributed by atoms with E-state index in [0.29, 0.717) is 0 Å². The number of rotatable bonds is 5. The van der Waals surface area contributed by atoms with Crippen LogP contribution in [0, 0.1) is 0 Å². The van der Waals surface area contributed by atoms with Crippen LogP contribution in [-0.2, 0) is 13.1 Å². The molecule has 3 nitrogen and oxygen atoms in total. The minimum atomic E-state index is 0.756. The quantitative estimate of drug-likeness (QED) is 0.878. The topological polar surface area (TPSA) is 29.9 Å². The second-order valence-electron chi connectivity index (χ2n) is 3.82. The van der Waals surface area contributed by atoms with Crippen LogP contribution in [0.2, 0.25) is 0 Å². The number of aromatic nitrogens is 2. The molecule has 0 unspecified atom stereocenters. The molecule has 78 valence electrons. The first-order valence-corrected chi connectivity index (χ1v) is 6.04. The van der Waals surface area contributed by atoms with Crippen molar-refractivity contribution < 1.29 is 0 Å². The number of hydrogen-bond acceptors (Lipinski definition) is 2. The van der Waals surface area contributed by atoms with Gasteiger partial charge < -0.3 is 5.32 Å². The first-order valence-electron chi connectivity index (χ1n) is 5.25. The third-order valence-electron chi connectivity index (χ3n) is 2.47. The molecule has 0 spiro atoms. The van der Waals surface area contributed by atoms with Crippen molar-refractivity contribution in [1.82, 2.24) is 15.1 Å². The van der Waals surface area contributed by atoms with Crippen LogP contribution in [0.15, 0.2) is 10.7 Å². The van der Waals surface area contributed by atoms with Gasteiger partial charge in [0, 0.05) is 19.1 Å². The van der Waals surface area contributed by atoms with Crippen LogP contribution in [0.3, 0.4) is 0 Å². The highest BCUT2D eigenvalue weighted by Crippen LogP contribution is 2.21. The fourth-order valence-corrected chi connectivity index (χ4v) is 1.93. The summed E-state index contributed by atoms with van der Waals surface area (Å²) < 4.78 is 3.21. The Kier molecular flexibility index (Phi) is 3.23. The highest BCUT2D eigenvalue weighted by atomic mass is 79.9. The molecule has 1 saturated carbocycles. The van der Waals surface area contributed by atoms with E-state index in [2.05, 4.69) is 38.0 Å². The van der Waals surface area contributed by atoms with E-state index < -0.39 is 0 Å². The third-order valence-corrected chi connectivity index (χ3v) is 3.13. The summed E-state index contributed by atoms with van der Waals surface area (Å²) in [5.41, 5.74) is 1.28. The van der Waals surface area contributed by atoms with Crippen LogP contribution in [-0.4, -0.2) is 15.8 Å². The molecule has 1 aliphatic rings. The Morgan fingerprint density at radius 3 is 3.07 bits per heavy atom. The standard InChI is InChI=1S/C10H16BrN3/c1-2-5-14-10(9(11)6-13-14)7-12-8-3-4-8/h6,8,12H,2-5,7H2,1H3. The molecule has 1 N–H and O–H groups in total. The Morgan fingerprint density at radius 1 is 1.64 bits per heavy atom. The van der Waals surface area contributed by atoms with Crippen molar-refractivity contribution in [2.24, 2.45) is 0 Å². The zero-order valence-corrected chi connectivity index (χ0v) is 10.0. The minimum absolute atomic E-state index is 0.756. The van der Waals surface area contributed by atoms with Gasteiger partial charge in [-0.3, -0.25) is 4.68 Å². The average Bonchev–Trinajstić information content (AvgIpc) is 2.93. The van der Waals surface area contributed by atoms with Gasteiger partial charge in [0.05, 0.1) is 16.4 Å². The number of hydrogen-bond donors (Lipinski definition) is 1. The zero-order valence-electron chi connectivity index (χ0n) is 8.46. The summed E-state index contributed by atoms with van der Waals surface area (Å²) in [4.78, 5) is 0. The van der Waals surface area contributed by atoms with E-state index in [1.165, 1.54) is 18.5 Å².